The van der Waals surface area contributed by atoms with Gasteiger partial charge in [0.05, 0.1) is 17.6 Å². The van der Waals surface area contributed by atoms with Crippen LogP contribution in [0.3, 0.4) is 0 Å². The molecule has 0 saturated heterocycles. The van der Waals surface area contributed by atoms with Gasteiger partial charge in [-0.05, 0) is 58.7 Å². The van der Waals surface area contributed by atoms with Crippen molar-refractivity contribution in [2.24, 2.45) is 21.7 Å². The molecule has 1 heterocycles. The highest BCUT2D eigenvalue weighted by atomic mass is 35.5. The SMILES string of the molecule is C/C(=N\N=C(N)N)c1cn(-c2ccc(OCc3cc(C(C)(C)C)cc(C(C)(C)C)c3)cc2)nn1.Cl. The van der Waals surface area contributed by atoms with Crippen LogP contribution in [-0.2, 0) is 17.4 Å². The van der Waals surface area contributed by atoms with Crippen LogP contribution in [0, 0.1) is 0 Å². The summed E-state index contributed by atoms with van der Waals surface area (Å²) in [6.45, 7) is 15.7. The highest BCUT2D eigenvalue weighted by molar-refractivity contribution is 5.97. The largest absolute Gasteiger partial charge is 0.489 e. The summed E-state index contributed by atoms with van der Waals surface area (Å²) in [6.07, 6.45) is 1.77. The predicted molar refractivity (Wildman–Crippen MR) is 145 cm³/mol. The van der Waals surface area contributed by atoms with Crippen molar-refractivity contribution in [3.05, 3.63) is 71.0 Å². The summed E-state index contributed by atoms with van der Waals surface area (Å²) in [5.41, 5.74) is 16.6. The van der Waals surface area contributed by atoms with E-state index in [1.165, 1.54) is 11.1 Å². The number of guanidine groups is 1. The van der Waals surface area contributed by atoms with Crippen LogP contribution in [0.25, 0.3) is 5.69 Å². The van der Waals surface area contributed by atoms with E-state index in [1.54, 1.807) is 17.8 Å². The number of ether oxygens (including phenoxy) is 1. The average molecular weight is 498 g/mol. The maximum absolute atomic E-state index is 6.11. The number of aromatic nitrogens is 3. The lowest BCUT2D eigenvalue weighted by atomic mass is 9.79. The monoisotopic (exact) mass is 497 g/mol. The molecule has 0 amide bonds. The Bertz CT molecular complexity index is 1160. The Kier molecular flexibility index (Phi) is 8.68. The number of rotatable bonds is 6. The molecule has 3 rings (SSSR count). The molecule has 4 N–H and O–H groups in total. The van der Waals surface area contributed by atoms with Crippen LogP contribution >= 0.6 is 12.4 Å². The van der Waals surface area contributed by atoms with E-state index >= 15 is 0 Å². The molecule has 0 radical (unpaired) electrons. The van der Waals surface area contributed by atoms with Gasteiger partial charge in [0.15, 0.2) is 0 Å². The molecule has 0 atom stereocenters. The first-order valence-corrected chi connectivity index (χ1v) is 11.3. The van der Waals surface area contributed by atoms with Gasteiger partial charge in [-0.1, -0.05) is 65.0 Å². The van der Waals surface area contributed by atoms with E-state index in [-0.39, 0.29) is 29.2 Å². The molecule has 188 valence electrons. The van der Waals surface area contributed by atoms with Crippen LogP contribution in [0.5, 0.6) is 5.75 Å². The van der Waals surface area contributed by atoms with Gasteiger partial charge in [-0.15, -0.1) is 27.7 Å². The molecule has 35 heavy (non-hydrogen) atoms. The third-order valence-corrected chi connectivity index (χ3v) is 5.41. The zero-order valence-corrected chi connectivity index (χ0v) is 22.3. The third-order valence-electron chi connectivity index (χ3n) is 5.41. The third kappa shape index (κ3) is 7.55. The van der Waals surface area contributed by atoms with E-state index in [4.69, 9.17) is 16.2 Å². The van der Waals surface area contributed by atoms with Gasteiger partial charge in [-0.25, -0.2) is 4.68 Å². The molecule has 0 spiro atoms. The van der Waals surface area contributed by atoms with Crippen molar-refractivity contribution in [3.8, 4) is 11.4 Å². The number of nitrogens with two attached hydrogens (primary N) is 2. The van der Waals surface area contributed by atoms with Gasteiger partial charge < -0.3 is 16.2 Å². The van der Waals surface area contributed by atoms with Crippen LogP contribution in [0.1, 0.15) is 70.9 Å². The van der Waals surface area contributed by atoms with Crippen molar-refractivity contribution in [2.75, 3.05) is 0 Å². The Labute approximate surface area is 213 Å². The quantitative estimate of drug-likeness (QED) is 0.286. The molecule has 0 fully saturated rings. The van der Waals surface area contributed by atoms with Crippen LogP contribution < -0.4 is 16.2 Å². The summed E-state index contributed by atoms with van der Waals surface area (Å²) < 4.78 is 7.78. The smallest absolute Gasteiger partial charge is 0.211 e. The van der Waals surface area contributed by atoms with Gasteiger partial charge in [-0.3, -0.25) is 0 Å². The number of benzene rings is 2. The fourth-order valence-corrected chi connectivity index (χ4v) is 3.24. The summed E-state index contributed by atoms with van der Waals surface area (Å²) in [7, 11) is 0. The van der Waals surface area contributed by atoms with Gasteiger partial charge >= 0.3 is 0 Å². The van der Waals surface area contributed by atoms with E-state index in [2.05, 4.69) is 80.3 Å². The Morgan fingerprint density at radius 3 is 2.00 bits per heavy atom. The molecular formula is C26H36ClN7O. The Morgan fingerprint density at radius 2 is 1.49 bits per heavy atom. The van der Waals surface area contributed by atoms with E-state index in [0.717, 1.165) is 17.0 Å². The van der Waals surface area contributed by atoms with Crippen molar-refractivity contribution < 1.29 is 4.74 Å². The Morgan fingerprint density at radius 1 is 0.914 bits per heavy atom. The molecule has 9 heteroatoms. The van der Waals surface area contributed by atoms with Crippen molar-refractivity contribution >= 4 is 24.1 Å². The number of hydrogen-bond acceptors (Lipinski definition) is 5. The lowest BCUT2D eigenvalue weighted by molar-refractivity contribution is 0.305. The molecular weight excluding hydrogens is 462 g/mol. The van der Waals surface area contributed by atoms with Crippen molar-refractivity contribution in [3.63, 3.8) is 0 Å². The molecule has 8 nitrogen and oxygen atoms in total. The molecule has 0 unspecified atom stereocenters. The van der Waals surface area contributed by atoms with E-state index in [9.17, 15) is 0 Å². The molecule has 1 aromatic heterocycles. The van der Waals surface area contributed by atoms with Gasteiger partial charge in [-0.2, -0.15) is 0 Å². The summed E-state index contributed by atoms with van der Waals surface area (Å²) in [4.78, 5) is 0. The molecule has 3 aromatic rings. The minimum atomic E-state index is -0.109. The van der Waals surface area contributed by atoms with Gasteiger partial charge in [0.25, 0.3) is 0 Å². The Balaban J connectivity index is 0.00000432. The number of hydrogen-bond donors (Lipinski definition) is 2. The van der Waals surface area contributed by atoms with Crippen LogP contribution in [0.15, 0.2) is 58.9 Å². The summed E-state index contributed by atoms with van der Waals surface area (Å²) >= 11 is 0. The van der Waals surface area contributed by atoms with E-state index < -0.39 is 0 Å². The first-order chi connectivity index (χ1) is 15.8. The van der Waals surface area contributed by atoms with Crippen LogP contribution in [-0.4, -0.2) is 26.7 Å². The predicted octanol–water partition coefficient (Wildman–Crippen LogP) is 4.86. The molecule has 0 aliphatic carbocycles. The summed E-state index contributed by atoms with van der Waals surface area (Å²) in [5, 5.41) is 15.9. The zero-order chi connectivity index (χ0) is 25.1. The van der Waals surface area contributed by atoms with Crippen LogP contribution in [0.4, 0.5) is 0 Å². The molecule has 0 bridgehead atoms. The Hall–Kier alpha value is -3.39. The minimum Gasteiger partial charge on any atom is -0.489 e. The second-order valence-corrected chi connectivity index (χ2v) is 10.5. The lowest BCUT2D eigenvalue weighted by Gasteiger charge is -2.26. The van der Waals surface area contributed by atoms with E-state index in [1.807, 2.05) is 24.3 Å². The average Bonchev–Trinajstić information content (AvgIpc) is 3.25. The molecule has 0 aliphatic heterocycles. The van der Waals surface area contributed by atoms with Crippen molar-refractivity contribution in [1.82, 2.24) is 15.0 Å². The first-order valence-electron chi connectivity index (χ1n) is 11.3. The molecule has 0 saturated carbocycles. The van der Waals surface area contributed by atoms with E-state index in [0.29, 0.717) is 18.0 Å². The van der Waals surface area contributed by atoms with Gasteiger partial charge in [0, 0.05) is 0 Å². The standard InChI is InChI=1S/C26H35N7O.ClH/c1-17(29-31-24(27)28)23-15-33(32-30-23)21-8-10-22(11-9-21)34-16-18-12-19(25(2,3)4)14-20(13-18)26(5,6)7;/h8-15H,16H2,1-7H3,(H4,27,28,31);1H/b29-17+;. The second kappa shape index (κ2) is 10.9. The highest BCUT2D eigenvalue weighted by Gasteiger charge is 2.20. The minimum absolute atomic E-state index is 0. The molecule has 2 aromatic carbocycles. The first kappa shape index (κ1) is 27.9. The van der Waals surface area contributed by atoms with Crippen molar-refractivity contribution in [1.29, 1.82) is 0 Å². The zero-order valence-electron chi connectivity index (χ0n) is 21.5. The highest BCUT2D eigenvalue weighted by Crippen LogP contribution is 2.30. The maximum atomic E-state index is 6.11. The van der Waals surface area contributed by atoms with Gasteiger partial charge in [0.1, 0.15) is 18.1 Å². The maximum Gasteiger partial charge on any atom is 0.211 e. The number of halogens is 1. The summed E-state index contributed by atoms with van der Waals surface area (Å²) in [6, 6.07) is 14.5. The summed E-state index contributed by atoms with van der Waals surface area (Å²) in [5.74, 6) is 0.676. The lowest BCUT2D eigenvalue weighted by Crippen LogP contribution is -2.22. The van der Waals surface area contributed by atoms with Gasteiger partial charge in [0.2, 0.25) is 5.96 Å². The fraction of sp³-hybridized carbons (Fsp3) is 0.385. The second-order valence-electron chi connectivity index (χ2n) is 10.5. The molecule has 0 aliphatic rings. The topological polar surface area (TPSA) is 117 Å². The fourth-order valence-electron chi connectivity index (χ4n) is 3.24. The van der Waals surface area contributed by atoms with Crippen LogP contribution in [0.2, 0.25) is 0 Å². The van der Waals surface area contributed by atoms with Crippen molar-refractivity contribution in [2.45, 2.75) is 65.9 Å². The normalized spacial score (nSPS) is 12.1. The number of nitrogens with zero attached hydrogens (tertiary/aromatic N) is 5.